The molecule has 1 rings (SSSR count). The van der Waals surface area contributed by atoms with Crippen molar-refractivity contribution in [3.8, 4) is 0 Å². The molecule has 1 heterocycles. The normalized spacial score (nSPS) is 29.4. The summed E-state index contributed by atoms with van der Waals surface area (Å²) in [6.45, 7) is -4.04. The molecule has 1 saturated heterocycles. The number of hydrogen-bond acceptors (Lipinski definition) is 1. The van der Waals surface area contributed by atoms with Gasteiger partial charge >= 0.3 is 6.98 Å². The first-order valence-corrected chi connectivity index (χ1v) is 3.42. The van der Waals surface area contributed by atoms with Crippen LogP contribution in [0.2, 0.25) is 0 Å². The Morgan fingerprint density at radius 3 is 2.20 bits per heavy atom. The van der Waals surface area contributed by atoms with E-state index in [4.69, 9.17) is 0 Å². The van der Waals surface area contributed by atoms with E-state index in [9.17, 15) is 12.9 Å². The highest BCUT2D eigenvalue weighted by Gasteiger charge is 2.39. The predicted octanol–water partition coefficient (Wildman–Crippen LogP) is 1.47. The Balaban J connectivity index is 2.55. The predicted molar refractivity (Wildman–Crippen MR) is 34.7 cm³/mol. The Labute approximate surface area is 58.3 Å². The molecule has 1 nitrogen and oxygen atoms in total. The van der Waals surface area contributed by atoms with E-state index >= 15 is 0 Å². The van der Waals surface area contributed by atoms with Gasteiger partial charge in [-0.2, -0.15) is 0 Å². The molecule has 0 N–H and O–H groups in total. The van der Waals surface area contributed by atoms with Crippen LogP contribution in [0, 0.1) is 0 Å². The summed E-state index contributed by atoms with van der Waals surface area (Å²) in [5, 5.41) is 0. The van der Waals surface area contributed by atoms with Crippen molar-refractivity contribution in [2.45, 2.75) is 18.8 Å². The van der Waals surface area contributed by atoms with Crippen LogP contribution in [0.1, 0.15) is 12.8 Å². The average molecular weight is 152 g/mol. The van der Waals surface area contributed by atoms with Crippen molar-refractivity contribution in [1.82, 2.24) is 4.90 Å². The smallest absolute Gasteiger partial charge is 0.448 e. The van der Waals surface area contributed by atoms with Crippen molar-refractivity contribution in [2.75, 3.05) is 13.6 Å². The van der Waals surface area contributed by atoms with Gasteiger partial charge in [-0.3, -0.25) is 0 Å². The van der Waals surface area contributed by atoms with Crippen LogP contribution in [-0.2, 0) is 0 Å². The number of rotatable bonds is 1. The molecule has 1 aliphatic heterocycles. The Bertz CT molecular complexity index is 125. The average Bonchev–Trinajstić information content (AvgIpc) is 2.11. The molecule has 1 atom stereocenters. The van der Waals surface area contributed by atoms with Gasteiger partial charge in [0.25, 0.3) is 0 Å². The number of likely N-dealkylation sites (tertiary alicyclic amines) is 1. The van der Waals surface area contributed by atoms with Crippen molar-refractivity contribution in [2.24, 2.45) is 0 Å². The van der Waals surface area contributed by atoms with Crippen molar-refractivity contribution >= 4 is 6.98 Å². The molecule has 1 unspecified atom stereocenters. The Kier molecular flexibility index (Phi) is 1.94. The summed E-state index contributed by atoms with van der Waals surface area (Å²) >= 11 is 0. The molecule has 60 valence electrons. The zero-order chi connectivity index (χ0) is 7.78. The third kappa shape index (κ3) is 1.45. The minimum absolute atomic E-state index is 0.292. The van der Waals surface area contributed by atoms with Gasteiger partial charge in [0.2, 0.25) is 0 Å². The Morgan fingerprint density at radius 2 is 2.00 bits per heavy atom. The third-order valence-electron chi connectivity index (χ3n) is 2.01. The standard InChI is InChI=1S/C5H10BF3N/c1-10-4-2-3-5(10)6(7,8)9/h5H,2-4H2,1H3/q-1. The zero-order valence-electron chi connectivity index (χ0n) is 5.86. The minimum Gasteiger partial charge on any atom is -0.448 e. The van der Waals surface area contributed by atoms with E-state index in [1.807, 2.05) is 0 Å². The van der Waals surface area contributed by atoms with Gasteiger partial charge in [-0.25, -0.2) is 0 Å². The van der Waals surface area contributed by atoms with E-state index in [2.05, 4.69) is 0 Å². The molecule has 1 aliphatic rings. The van der Waals surface area contributed by atoms with Gasteiger partial charge in [0.05, 0.1) is 0 Å². The monoisotopic (exact) mass is 152 g/mol. The fourth-order valence-corrected chi connectivity index (χ4v) is 1.41. The zero-order valence-corrected chi connectivity index (χ0v) is 5.86. The summed E-state index contributed by atoms with van der Waals surface area (Å²) in [7, 11) is 1.53. The molecule has 0 aromatic rings. The van der Waals surface area contributed by atoms with Crippen molar-refractivity contribution in [1.29, 1.82) is 0 Å². The molecule has 1 fully saturated rings. The molecule has 0 aromatic carbocycles. The summed E-state index contributed by atoms with van der Waals surface area (Å²) in [5.74, 6) is -1.13. The highest BCUT2D eigenvalue weighted by molar-refractivity contribution is 6.60. The lowest BCUT2D eigenvalue weighted by Crippen LogP contribution is -2.43. The topological polar surface area (TPSA) is 3.24 Å². The second kappa shape index (κ2) is 2.45. The maximum absolute atomic E-state index is 12.0. The van der Waals surface area contributed by atoms with Gasteiger partial charge in [0, 0.05) is 0 Å². The second-order valence-corrected chi connectivity index (χ2v) is 2.82. The molecule has 0 radical (unpaired) electrons. The maximum atomic E-state index is 12.0. The summed E-state index contributed by atoms with van der Waals surface area (Å²) in [5.41, 5.74) is 0. The van der Waals surface area contributed by atoms with Crippen LogP contribution in [0.25, 0.3) is 0 Å². The molecule has 0 saturated carbocycles. The first-order valence-electron chi connectivity index (χ1n) is 3.42. The summed E-state index contributed by atoms with van der Waals surface area (Å²) in [4.78, 5) is 1.39. The second-order valence-electron chi connectivity index (χ2n) is 2.82. The van der Waals surface area contributed by atoms with Gasteiger partial charge in [0.15, 0.2) is 0 Å². The van der Waals surface area contributed by atoms with Crippen LogP contribution < -0.4 is 0 Å². The van der Waals surface area contributed by atoms with Crippen LogP contribution in [0.4, 0.5) is 12.9 Å². The van der Waals surface area contributed by atoms with Gasteiger partial charge in [-0.05, 0) is 26.0 Å². The first-order chi connectivity index (χ1) is 4.52. The Hall–Kier alpha value is -0.185. The van der Waals surface area contributed by atoms with Crippen LogP contribution in [0.3, 0.4) is 0 Å². The quantitative estimate of drug-likeness (QED) is 0.514. The van der Waals surface area contributed by atoms with Crippen molar-refractivity contribution in [3.05, 3.63) is 0 Å². The van der Waals surface area contributed by atoms with Crippen LogP contribution in [-0.4, -0.2) is 31.4 Å². The molecule has 0 spiro atoms. The van der Waals surface area contributed by atoms with E-state index in [-0.39, 0.29) is 0 Å². The SMILES string of the molecule is CN1CCCC1[B-](F)(F)F. The maximum Gasteiger partial charge on any atom is 0.495 e. The van der Waals surface area contributed by atoms with E-state index in [0.717, 1.165) is 0 Å². The van der Waals surface area contributed by atoms with Gasteiger partial charge < -0.3 is 17.8 Å². The Morgan fingerprint density at radius 1 is 1.40 bits per heavy atom. The van der Waals surface area contributed by atoms with Crippen molar-refractivity contribution in [3.63, 3.8) is 0 Å². The third-order valence-corrected chi connectivity index (χ3v) is 2.01. The largest absolute Gasteiger partial charge is 0.495 e. The molecular weight excluding hydrogens is 142 g/mol. The molecule has 0 aliphatic carbocycles. The van der Waals surface area contributed by atoms with Crippen LogP contribution in [0.15, 0.2) is 0 Å². The van der Waals surface area contributed by atoms with Crippen molar-refractivity contribution < 1.29 is 12.9 Å². The molecule has 0 amide bonds. The lowest BCUT2D eigenvalue weighted by molar-refractivity contribution is 0.303. The summed E-state index contributed by atoms with van der Waals surface area (Å²) in [6, 6.07) is 0. The summed E-state index contributed by atoms with van der Waals surface area (Å²) < 4.78 is 36.1. The van der Waals surface area contributed by atoms with Gasteiger partial charge in [-0.1, -0.05) is 6.42 Å². The highest BCUT2D eigenvalue weighted by atomic mass is 19.4. The summed E-state index contributed by atoms with van der Waals surface area (Å²) in [6.07, 6.45) is 0.975. The fraction of sp³-hybridized carbons (Fsp3) is 1.00. The lowest BCUT2D eigenvalue weighted by Gasteiger charge is -2.28. The molecular formula is C5H10BF3N-. The fourth-order valence-electron chi connectivity index (χ4n) is 1.41. The first kappa shape index (κ1) is 7.92. The number of halogens is 3. The van der Waals surface area contributed by atoms with Gasteiger partial charge in [0.1, 0.15) is 0 Å². The van der Waals surface area contributed by atoms with Gasteiger partial charge in [-0.15, -0.1) is 0 Å². The van der Waals surface area contributed by atoms with E-state index in [1.165, 1.54) is 11.9 Å². The minimum atomic E-state index is -4.62. The van der Waals surface area contributed by atoms with E-state index in [1.54, 1.807) is 0 Å². The number of nitrogens with zero attached hydrogens (tertiary/aromatic N) is 1. The van der Waals surface area contributed by atoms with E-state index in [0.29, 0.717) is 19.4 Å². The van der Waals surface area contributed by atoms with Crippen LogP contribution >= 0.6 is 0 Å². The lowest BCUT2D eigenvalue weighted by atomic mass is 9.78. The van der Waals surface area contributed by atoms with Crippen LogP contribution in [0.5, 0.6) is 0 Å². The molecule has 0 bridgehead atoms. The number of hydrogen-bond donors (Lipinski definition) is 0. The highest BCUT2D eigenvalue weighted by Crippen LogP contribution is 2.26. The molecule has 0 aromatic heterocycles. The molecule has 10 heavy (non-hydrogen) atoms. The van der Waals surface area contributed by atoms with E-state index < -0.39 is 12.9 Å². The molecule has 5 heteroatoms.